The van der Waals surface area contributed by atoms with Crippen LogP contribution in [-0.2, 0) is 12.8 Å². The first kappa shape index (κ1) is 20.4. The highest BCUT2D eigenvalue weighted by Gasteiger charge is 2.43. The van der Waals surface area contributed by atoms with E-state index in [9.17, 15) is 4.79 Å². The number of anilines is 1. The van der Waals surface area contributed by atoms with E-state index in [4.69, 9.17) is 4.74 Å². The van der Waals surface area contributed by atoms with Gasteiger partial charge in [0.05, 0.1) is 17.7 Å². The van der Waals surface area contributed by atoms with Gasteiger partial charge in [0.2, 0.25) is 0 Å². The third-order valence-electron chi connectivity index (χ3n) is 7.54. The van der Waals surface area contributed by atoms with Gasteiger partial charge >= 0.3 is 0 Å². The van der Waals surface area contributed by atoms with Gasteiger partial charge in [-0.15, -0.1) is 10.2 Å². The molecule has 0 amide bonds. The number of nitrogens with zero attached hydrogens (tertiary/aromatic N) is 3. The Morgan fingerprint density at radius 2 is 1.73 bits per heavy atom. The van der Waals surface area contributed by atoms with Gasteiger partial charge in [-0.05, 0) is 74.1 Å². The first-order valence-electron chi connectivity index (χ1n) is 12.1. The topological polar surface area (TPSA) is 55.3 Å². The van der Waals surface area contributed by atoms with Crippen molar-refractivity contribution in [2.24, 2.45) is 0 Å². The fraction of sp³-hybridized carbons (Fsp3) is 0.393. The highest BCUT2D eigenvalue weighted by Crippen LogP contribution is 2.40. The maximum absolute atomic E-state index is 12.8. The molecule has 0 N–H and O–H groups in total. The maximum Gasteiger partial charge on any atom is 0.170 e. The van der Waals surface area contributed by atoms with Crippen LogP contribution in [0.15, 0.2) is 48.5 Å². The summed E-state index contributed by atoms with van der Waals surface area (Å²) in [7, 11) is 0. The molecule has 0 atom stereocenters. The summed E-state index contributed by atoms with van der Waals surface area (Å²) in [6.07, 6.45) is 7.00. The lowest BCUT2D eigenvalue weighted by molar-refractivity contribution is 0.0231. The van der Waals surface area contributed by atoms with E-state index in [1.165, 1.54) is 36.8 Å². The van der Waals surface area contributed by atoms with Crippen LogP contribution in [0, 0.1) is 6.92 Å². The van der Waals surface area contributed by atoms with Gasteiger partial charge in [-0.3, -0.25) is 4.79 Å². The lowest BCUT2D eigenvalue weighted by Crippen LogP contribution is -2.51. The summed E-state index contributed by atoms with van der Waals surface area (Å²) in [6, 6.07) is 16.8. The van der Waals surface area contributed by atoms with Gasteiger partial charge in [-0.2, -0.15) is 0 Å². The predicted molar refractivity (Wildman–Crippen MR) is 129 cm³/mol. The van der Waals surface area contributed by atoms with Crippen LogP contribution in [0.2, 0.25) is 0 Å². The van der Waals surface area contributed by atoms with Crippen molar-refractivity contribution in [3.05, 3.63) is 70.8 Å². The van der Waals surface area contributed by atoms with E-state index in [-0.39, 0.29) is 5.78 Å². The van der Waals surface area contributed by atoms with E-state index in [1.807, 2.05) is 25.1 Å². The summed E-state index contributed by atoms with van der Waals surface area (Å²) in [6.45, 7) is 3.62. The first-order chi connectivity index (χ1) is 16.1. The maximum atomic E-state index is 12.8. The van der Waals surface area contributed by atoms with Crippen LogP contribution in [0.3, 0.4) is 0 Å². The Hall–Kier alpha value is -3.21. The summed E-state index contributed by atoms with van der Waals surface area (Å²) >= 11 is 0. The highest BCUT2D eigenvalue weighted by molar-refractivity contribution is 6.00. The highest BCUT2D eigenvalue weighted by atomic mass is 16.5. The van der Waals surface area contributed by atoms with E-state index >= 15 is 0 Å². The Bertz CT molecular complexity index is 1210. The summed E-state index contributed by atoms with van der Waals surface area (Å²) in [5, 5.41) is 9.10. The number of benzene rings is 2. The normalized spacial score (nSPS) is 19.1. The Morgan fingerprint density at radius 1 is 0.909 bits per heavy atom. The number of carbonyl (C=O) groups is 1. The molecule has 1 fully saturated rings. The molecule has 1 spiro atoms. The number of ketones is 1. The number of rotatable bonds is 2. The molecule has 2 aromatic carbocycles. The average molecular weight is 440 g/mol. The molecule has 5 heteroatoms. The number of aromatic nitrogens is 2. The van der Waals surface area contributed by atoms with Crippen LogP contribution in [0.4, 0.5) is 5.82 Å². The van der Waals surface area contributed by atoms with Crippen LogP contribution < -0.4 is 9.64 Å². The third kappa shape index (κ3) is 3.79. The van der Waals surface area contributed by atoms with Gasteiger partial charge in [0.15, 0.2) is 11.6 Å². The number of Topliss-reactive ketones (excluding diaryl/α,β-unsaturated/α-hetero) is 1. The second-order valence-electron chi connectivity index (χ2n) is 9.84. The SMILES string of the molecule is Cc1ccc2c(c1)C(=O)CC1(CCN(c3ccc(-c4ccc5c(c4)CCCC5)nn3)CC1)O2. The zero-order valence-corrected chi connectivity index (χ0v) is 19.1. The number of piperidine rings is 1. The van der Waals surface area contributed by atoms with Crippen LogP contribution in [0.25, 0.3) is 11.3 Å². The number of hydrogen-bond acceptors (Lipinski definition) is 5. The van der Waals surface area contributed by atoms with Gasteiger partial charge < -0.3 is 9.64 Å². The van der Waals surface area contributed by atoms with Crippen molar-refractivity contribution in [3.8, 4) is 17.0 Å². The molecular formula is C28H29N3O2. The average Bonchev–Trinajstić information content (AvgIpc) is 2.85. The van der Waals surface area contributed by atoms with Crippen LogP contribution in [0.5, 0.6) is 5.75 Å². The smallest absolute Gasteiger partial charge is 0.170 e. The molecule has 33 heavy (non-hydrogen) atoms. The van der Waals surface area contributed by atoms with Gasteiger partial charge in [0, 0.05) is 31.5 Å². The minimum Gasteiger partial charge on any atom is -0.486 e. The number of fused-ring (bicyclic) bond motifs is 2. The van der Waals surface area contributed by atoms with Crippen molar-refractivity contribution in [1.29, 1.82) is 0 Å². The summed E-state index contributed by atoms with van der Waals surface area (Å²) < 4.78 is 6.41. The van der Waals surface area contributed by atoms with Crippen molar-refractivity contribution in [2.75, 3.05) is 18.0 Å². The molecule has 1 saturated heterocycles. The lowest BCUT2D eigenvalue weighted by atomic mass is 9.82. The fourth-order valence-electron chi connectivity index (χ4n) is 5.57. The summed E-state index contributed by atoms with van der Waals surface area (Å²) in [5.41, 5.74) is 6.44. The van der Waals surface area contributed by atoms with Gasteiger partial charge in [0.25, 0.3) is 0 Å². The Morgan fingerprint density at radius 3 is 2.52 bits per heavy atom. The number of hydrogen-bond donors (Lipinski definition) is 0. The molecule has 0 unspecified atom stereocenters. The Labute approximate surface area is 194 Å². The quantitative estimate of drug-likeness (QED) is 0.540. The standard InChI is InChI=1S/C28H29N3O2/c1-19-6-10-26-23(16-19)25(32)18-28(33-26)12-14-31(15-13-28)27-11-9-24(29-30-27)22-8-7-20-4-2-3-5-21(20)17-22/h6-11,16-17H,2-5,12-15,18H2,1H3. The minimum atomic E-state index is -0.396. The van der Waals surface area contributed by atoms with Gasteiger partial charge in [-0.1, -0.05) is 23.8 Å². The Balaban J connectivity index is 1.15. The molecule has 3 aromatic rings. The second kappa shape index (κ2) is 7.98. The fourth-order valence-corrected chi connectivity index (χ4v) is 5.57. The second-order valence-corrected chi connectivity index (χ2v) is 9.84. The van der Waals surface area contributed by atoms with Crippen molar-refractivity contribution in [1.82, 2.24) is 10.2 Å². The third-order valence-corrected chi connectivity index (χ3v) is 7.54. The molecule has 2 aliphatic heterocycles. The summed E-state index contributed by atoms with van der Waals surface area (Å²) in [5.74, 6) is 1.83. The number of aryl methyl sites for hydroxylation is 3. The van der Waals surface area contributed by atoms with Crippen molar-refractivity contribution in [3.63, 3.8) is 0 Å². The van der Waals surface area contributed by atoms with E-state index in [0.717, 1.165) is 59.9 Å². The molecule has 168 valence electrons. The molecule has 3 heterocycles. The van der Waals surface area contributed by atoms with Gasteiger partial charge in [0.1, 0.15) is 11.4 Å². The largest absolute Gasteiger partial charge is 0.486 e. The number of carbonyl (C=O) groups excluding carboxylic acids is 1. The van der Waals surface area contributed by atoms with E-state index < -0.39 is 5.60 Å². The molecule has 0 bridgehead atoms. The lowest BCUT2D eigenvalue weighted by Gasteiger charge is -2.44. The van der Waals surface area contributed by atoms with Gasteiger partial charge in [-0.25, -0.2) is 0 Å². The molecule has 0 saturated carbocycles. The predicted octanol–water partition coefficient (Wildman–Crippen LogP) is 5.34. The van der Waals surface area contributed by atoms with E-state index in [1.54, 1.807) is 0 Å². The minimum absolute atomic E-state index is 0.197. The summed E-state index contributed by atoms with van der Waals surface area (Å²) in [4.78, 5) is 15.1. The molecule has 6 rings (SSSR count). The van der Waals surface area contributed by atoms with E-state index in [0.29, 0.717) is 6.42 Å². The Kier molecular flexibility index (Phi) is 4.93. The van der Waals surface area contributed by atoms with Crippen molar-refractivity contribution >= 4 is 11.6 Å². The molecule has 5 nitrogen and oxygen atoms in total. The van der Waals surface area contributed by atoms with Crippen LogP contribution >= 0.6 is 0 Å². The zero-order valence-electron chi connectivity index (χ0n) is 19.1. The molecule has 3 aliphatic rings. The zero-order chi connectivity index (χ0) is 22.4. The monoisotopic (exact) mass is 439 g/mol. The van der Waals surface area contributed by atoms with Crippen molar-refractivity contribution < 1.29 is 9.53 Å². The van der Waals surface area contributed by atoms with E-state index in [2.05, 4.69) is 45.4 Å². The van der Waals surface area contributed by atoms with Crippen LogP contribution in [0.1, 0.15) is 59.2 Å². The number of ether oxygens (including phenoxy) is 1. The van der Waals surface area contributed by atoms with Crippen molar-refractivity contribution in [2.45, 2.75) is 57.5 Å². The molecular weight excluding hydrogens is 410 g/mol. The molecule has 1 aromatic heterocycles. The molecule has 1 aliphatic carbocycles. The first-order valence-corrected chi connectivity index (χ1v) is 12.1. The molecule has 0 radical (unpaired) electrons. The van der Waals surface area contributed by atoms with Crippen LogP contribution in [-0.4, -0.2) is 34.7 Å².